The first-order valence-corrected chi connectivity index (χ1v) is 7.43. The highest BCUT2D eigenvalue weighted by Crippen LogP contribution is 2.29. The number of likely N-dealkylation sites (tertiary alicyclic amines) is 1. The van der Waals surface area contributed by atoms with Gasteiger partial charge >= 0.3 is 6.03 Å². The van der Waals surface area contributed by atoms with Crippen LogP contribution in [0.15, 0.2) is 54.6 Å². The Hall–Kier alpha value is -2.33. The normalized spacial score (nSPS) is 17.6. The Balaban J connectivity index is 1.69. The summed E-state index contributed by atoms with van der Waals surface area (Å²) in [5.41, 5.74) is 1.70. The molecule has 2 aromatic rings. The molecule has 1 aliphatic rings. The summed E-state index contributed by atoms with van der Waals surface area (Å²) >= 11 is 5.87. The summed E-state index contributed by atoms with van der Waals surface area (Å²) in [6.45, 7) is 0.388. The Kier molecular flexibility index (Phi) is 4.11. The molecule has 4 nitrogen and oxygen atoms in total. The van der Waals surface area contributed by atoms with Gasteiger partial charge in [0.15, 0.2) is 0 Å². The van der Waals surface area contributed by atoms with E-state index in [2.05, 4.69) is 5.32 Å². The van der Waals surface area contributed by atoms with Crippen molar-refractivity contribution in [1.82, 2.24) is 4.90 Å². The van der Waals surface area contributed by atoms with E-state index in [9.17, 15) is 9.59 Å². The van der Waals surface area contributed by atoms with E-state index < -0.39 is 0 Å². The fourth-order valence-electron chi connectivity index (χ4n) is 2.57. The van der Waals surface area contributed by atoms with Crippen LogP contribution in [0.25, 0.3) is 0 Å². The lowest BCUT2D eigenvalue weighted by Crippen LogP contribution is -2.36. The van der Waals surface area contributed by atoms with Gasteiger partial charge in [0, 0.05) is 29.6 Å². The van der Waals surface area contributed by atoms with Crippen LogP contribution in [0.4, 0.5) is 10.5 Å². The molecular weight excluding hydrogens is 300 g/mol. The molecule has 0 unspecified atom stereocenters. The van der Waals surface area contributed by atoms with E-state index in [0.717, 1.165) is 5.56 Å². The van der Waals surface area contributed by atoms with E-state index in [1.165, 1.54) is 4.90 Å². The number of anilines is 1. The van der Waals surface area contributed by atoms with E-state index in [-0.39, 0.29) is 17.9 Å². The molecule has 1 fully saturated rings. The second-order valence-electron chi connectivity index (χ2n) is 5.25. The summed E-state index contributed by atoms with van der Waals surface area (Å²) in [4.78, 5) is 25.6. The van der Waals surface area contributed by atoms with Crippen LogP contribution in [-0.2, 0) is 4.79 Å². The summed E-state index contributed by atoms with van der Waals surface area (Å²) in [6.07, 6.45) is 0.337. The highest BCUT2D eigenvalue weighted by molar-refractivity contribution is 6.30. The zero-order chi connectivity index (χ0) is 15.5. The minimum absolute atomic E-state index is 0.0197. The number of benzene rings is 2. The van der Waals surface area contributed by atoms with Gasteiger partial charge in [0.2, 0.25) is 5.91 Å². The van der Waals surface area contributed by atoms with Crippen molar-refractivity contribution in [2.24, 2.45) is 0 Å². The van der Waals surface area contributed by atoms with Crippen LogP contribution in [0.3, 0.4) is 0 Å². The zero-order valence-electron chi connectivity index (χ0n) is 11.8. The molecule has 0 radical (unpaired) electrons. The first-order chi connectivity index (χ1) is 10.6. The molecule has 1 atom stereocenters. The number of amides is 3. The van der Waals surface area contributed by atoms with Crippen LogP contribution in [0.5, 0.6) is 0 Å². The quantitative estimate of drug-likeness (QED) is 0.914. The average Bonchev–Trinajstić information content (AvgIpc) is 2.91. The predicted octanol–water partition coefficient (Wildman–Crippen LogP) is 3.89. The number of para-hydroxylation sites is 1. The number of urea groups is 1. The third kappa shape index (κ3) is 3.12. The van der Waals surface area contributed by atoms with Crippen LogP contribution >= 0.6 is 11.6 Å². The standard InChI is InChI=1S/C17H15ClN2O2/c18-14-8-6-12(7-9-14)13-10-16(21)20(11-13)17(22)19-15-4-2-1-3-5-15/h1-9,13H,10-11H2,(H,19,22)/t13-/m0/s1. The first-order valence-electron chi connectivity index (χ1n) is 7.05. The van der Waals surface area contributed by atoms with Crippen molar-refractivity contribution in [3.8, 4) is 0 Å². The number of rotatable bonds is 2. The molecule has 1 aliphatic heterocycles. The van der Waals surface area contributed by atoms with Crippen LogP contribution in [-0.4, -0.2) is 23.4 Å². The van der Waals surface area contributed by atoms with Crippen LogP contribution in [0.2, 0.25) is 5.02 Å². The number of nitrogens with one attached hydrogen (secondary N) is 1. The summed E-state index contributed by atoms with van der Waals surface area (Å²) in [7, 11) is 0. The van der Waals surface area contributed by atoms with Crippen molar-refractivity contribution < 1.29 is 9.59 Å². The molecule has 3 amide bonds. The lowest BCUT2D eigenvalue weighted by Gasteiger charge is -2.16. The maximum absolute atomic E-state index is 12.2. The molecule has 0 saturated carbocycles. The van der Waals surface area contributed by atoms with Gasteiger partial charge in [-0.2, -0.15) is 0 Å². The van der Waals surface area contributed by atoms with E-state index in [1.54, 1.807) is 24.3 Å². The van der Waals surface area contributed by atoms with Crippen molar-refractivity contribution >= 4 is 29.2 Å². The van der Waals surface area contributed by atoms with Crippen molar-refractivity contribution in [1.29, 1.82) is 0 Å². The number of carbonyl (C=O) groups excluding carboxylic acids is 2. The summed E-state index contributed by atoms with van der Waals surface area (Å²) in [5, 5.41) is 3.40. The van der Waals surface area contributed by atoms with E-state index in [0.29, 0.717) is 23.7 Å². The second kappa shape index (κ2) is 6.20. The first kappa shape index (κ1) is 14.6. The number of halogens is 1. The smallest absolute Gasteiger partial charge is 0.307 e. The number of carbonyl (C=O) groups is 2. The van der Waals surface area contributed by atoms with Gasteiger partial charge in [-0.3, -0.25) is 9.69 Å². The maximum atomic E-state index is 12.2. The van der Waals surface area contributed by atoms with Crippen LogP contribution < -0.4 is 5.32 Å². The molecule has 0 aromatic heterocycles. The molecule has 1 saturated heterocycles. The minimum atomic E-state index is -0.382. The van der Waals surface area contributed by atoms with Crippen molar-refractivity contribution in [2.45, 2.75) is 12.3 Å². The van der Waals surface area contributed by atoms with Gasteiger partial charge < -0.3 is 5.32 Å². The Bertz CT molecular complexity index is 686. The molecule has 0 spiro atoms. The summed E-state index contributed by atoms with van der Waals surface area (Å²) < 4.78 is 0. The minimum Gasteiger partial charge on any atom is -0.307 e. The van der Waals surface area contributed by atoms with Crippen LogP contribution in [0, 0.1) is 0 Å². The van der Waals surface area contributed by atoms with Gasteiger partial charge in [-0.15, -0.1) is 0 Å². The molecule has 1 heterocycles. The average molecular weight is 315 g/mol. The molecule has 1 N–H and O–H groups in total. The Morgan fingerprint density at radius 2 is 1.77 bits per heavy atom. The van der Waals surface area contributed by atoms with Gasteiger partial charge in [-0.1, -0.05) is 41.9 Å². The molecule has 0 bridgehead atoms. The van der Waals surface area contributed by atoms with Gasteiger partial charge in [0.05, 0.1) is 0 Å². The molecular formula is C17H15ClN2O2. The van der Waals surface area contributed by atoms with Gasteiger partial charge in [-0.25, -0.2) is 4.79 Å². The van der Waals surface area contributed by atoms with E-state index in [4.69, 9.17) is 11.6 Å². The predicted molar refractivity (Wildman–Crippen MR) is 86.0 cm³/mol. The summed E-state index contributed by atoms with van der Waals surface area (Å²) in [6, 6.07) is 16.1. The lowest BCUT2D eigenvalue weighted by molar-refractivity contribution is -0.125. The highest BCUT2D eigenvalue weighted by atomic mass is 35.5. The van der Waals surface area contributed by atoms with E-state index >= 15 is 0 Å². The second-order valence-corrected chi connectivity index (χ2v) is 5.69. The Morgan fingerprint density at radius 1 is 1.09 bits per heavy atom. The zero-order valence-corrected chi connectivity index (χ0v) is 12.6. The molecule has 3 rings (SSSR count). The fourth-order valence-corrected chi connectivity index (χ4v) is 2.70. The van der Waals surface area contributed by atoms with Gasteiger partial charge in [0.25, 0.3) is 0 Å². The number of imide groups is 1. The third-order valence-electron chi connectivity index (χ3n) is 3.74. The van der Waals surface area contributed by atoms with Gasteiger partial charge in [-0.05, 0) is 29.8 Å². The van der Waals surface area contributed by atoms with Crippen molar-refractivity contribution in [2.75, 3.05) is 11.9 Å². The number of nitrogens with zero attached hydrogens (tertiary/aromatic N) is 1. The molecule has 22 heavy (non-hydrogen) atoms. The summed E-state index contributed by atoms with van der Waals surface area (Å²) in [5.74, 6) is -0.139. The number of hydrogen-bond acceptors (Lipinski definition) is 2. The molecule has 5 heteroatoms. The largest absolute Gasteiger partial charge is 0.328 e. The van der Waals surface area contributed by atoms with Gasteiger partial charge in [0.1, 0.15) is 0 Å². The van der Waals surface area contributed by atoms with E-state index in [1.807, 2.05) is 30.3 Å². The molecule has 112 valence electrons. The Morgan fingerprint density at radius 3 is 2.45 bits per heavy atom. The van der Waals surface area contributed by atoms with Crippen molar-refractivity contribution in [3.05, 3.63) is 65.2 Å². The lowest BCUT2D eigenvalue weighted by atomic mass is 9.98. The molecule has 0 aliphatic carbocycles. The topological polar surface area (TPSA) is 49.4 Å². The highest BCUT2D eigenvalue weighted by Gasteiger charge is 2.34. The van der Waals surface area contributed by atoms with Crippen molar-refractivity contribution in [3.63, 3.8) is 0 Å². The number of hydrogen-bond donors (Lipinski definition) is 1. The monoisotopic (exact) mass is 314 g/mol. The fraction of sp³-hybridized carbons (Fsp3) is 0.176. The third-order valence-corrected chi connectivity index (χ3v) is 3.99. The Labute approximate surface area is 133 Å². The SMILES string of the molecule is O=C1C[C@H](c2ccc(Cl)cc2)CN1C(=O)Nc1ccccc1. The molecule has 2 aromatic carbocycles. The van der Waals surface area contributed by atoms with Crippen LogP contribution in [0.1, 0.15) is 17.9 Å². The maximum Gasteiger partial charge on any atom is 0.328 e.